The van der Waals surface area contributed by atoms with E-state index in [1.807, 2.05) is 25.6 Å². The maximum atomic E-state index is 11.6. The van der Waals surface area contributed by atoms with Gasteiger partial charge in [0.05, 0.1) is 11.4 Å². The number of thioether (sulfide) groups is 1. The first kappa shape index (κ1) is 13.3. The SMILES string of the molecule is CCc1nc(CSCC(C)C)[nH]c(=O)c1C. The van der Waals surface area contributed by atoms with Crippen molar-refractivity contribution in [2.75, 3.05) is 5.75 Å². The van der Waals surface area contributed by atoms with E-state index < -0.39 is 0 Å². The molecule has 0 fully saturated rings. The second kappa shape index (κ2) is 6.09. The number of aromatic nitrogens is 2. The van der Waals surface area contributed by atoms with Crippen LogP contribution in [-0.2, 0) is 12.2 Å². The maximum Gasteiger partial charge on any atom is 0.254 e. The summed E-state index contributed by atoms with van der Waals surface area (Å²) in [5, 5.41) is 0. The summed E-state index contributed by atoms with van der Waals surface area (Å²) in [4.78, 5) is 18.9. The Morgan fingerprint density at radius 3 is 2.69 bits per heavy atom. The molecule has 0 amide bonds. The van der Waals surface area contributed by atoms with Gasteiger partial charge in [0.1, 0.15) is 5.82 Å². The summed E-state index contributed by atoms with van der Waals surface area (Å²) >= 11 is 1.82. The number of hydrogen-bond donors (Lipinski definition) is 1. The third-order valence-corrected chi connectivity index (χ3v) is 3.71. The van der Waals surface area contributed by atoms with Gasteiger partial charge in [-0.3, -0.25) is 4.79 Å². The van der Waals surface area contributed by atoms with Gasteiger partial charge < -0.3 is 4.98 Å². The van der Waals surface area contributed by atoms with Crippen LogP contribution in [0.1, 0.15) is 37.9 Å². The van der Waals surface area contributed by atoms with Gasteiger partial charge in [-0.2, -0.15) is 11.8 Å². The first-order valence-corrected chi connectivity index (χ1v) is 6.86. The minimum absolute atomic E-state index is 0.00648. The minimum Gasteiger partial charge on any atom is -0.310 e. The highest BCUT2D eigenvalue weighted by Crippen LogP contribution is 2.12. The molecule has 0 radical (unpaired) electrons. The monoisotopic (exact) mass is 240 g/mol. The Hall–Kier alpha value is -0.770. The Kier molecular flexibility index (Phi) is 5.06. The van der Waals surface area contributed by atoms with Crippen molar-refractivity contribution >= 4 is 11.8 Å². The van der Waals surface area contributed by atoms with Crippen LogP contribution in [0.3, 0.4) is 0 Å². The largest absolute Gasteiger partial charge is 0.310 e. The lowest BCUT2D eigenvalue weighted by Crippen LogP contribution is -2.17. The number of H-pyrrole nitrogens is 1. The summed E-state index contributed by atoms with van der Waals surface area (Å²) in [5.41, 5.74) is 1.68. The van der Waals surface area contributed by atoms with Crippen LogP contribution in [-0.4, -0.2) is 15.7 Å². The number of aromatic amines is 1. The van der Waals surface area contributed by atoms with E-state index in [1.165, 1.54) is 0 Å². The van der Waals surface area contributed by atoms with Crippen molar-refractivity contribution in [1.82, 2.24) is 9.97 Å². The van der Waals surface area contributed by atoms with Crippen LogP contribution in [0.2, 0.25) is 0 Å². The Balaban J connectivity index is 2.74. The first-order chi connectivity index (χ1) is 7.54. The zero-order valence-electron chi connectivity index (χ0n) is 10.5. The molecule has 0 unspecified atom stereocenters. The van der Waals surface area contributed by atoms with Crippen molar-refractivity contribution in [2.24, 2.45) is 5.92 Å². The van der Waals surface area contributed by atoms with E-state index in [1.54, 1.807) is 0 Å². The fraction of sp³-hybridized carbons (Fsp3) is 0.667. The first-order valence-electron chi connectivity index (χ1n) is 5.71. The van der Waals surface area contributed by atoms with Crippen LogP contribution in [0.5, 0.6) is 0 Å². The van der Waals surface area contributed by atoms with Crippen LogP contribution < -0.4 is 5.56 Å². The Bertz CT molecular complexity index is 398. The van der Waals surface area contributed by atoms with Crippen molar-refractivity contribution in [2.45, 2.75) is 39.9 Å². The van der Waals surface area contributed by atoms with Crippen molar-refractivity contribution in [3.8, 4) is 0 Å². The predicted octanol–water partition coefficient (Wildman–Crippen LogP) is 2.53. The Morgan fingerprint density at radius 1 is 1.44 bits per heavy atom. The van der Waals surface area contributed by atoms with Gasteiger partial charge in [0.25, 0.3) is 5.56 Å². The van der Waals surface area contributed by atoms with Gasteiger partial charge in [-0.1, -0.05) is 20.8 Å². The number of hydrogen-bond acceptors (Lipinski definition) is 3. The quantitative estimate of drug-likeness (QED) is 0.860. The Labute approximate surface area is 101 Å². The average molecular weight is 240 g/mol. The van der Waals surface area contributed by atoms with Gasteiger partial charge in [0.2, 0.25) is 0 Å². The van der Waals surface area contributed by atoms with Crippen molar-refractivity contribution < 1.29 is 0 Å². The second-order valence-electron chi connectivity index (χ2n) is 4.35. The zero-order chi connectivity index (χ0) is 12.1. The summed E-state index contributed by atoms with van der Waals surface area (Å²) in [5.74, 6) is 3.37. The lowest BCUT2D eigenvalue weighted by molar-refractivity contribution is 0.749. The molecule has 16 heavy (non-hydrogen) atoms. The predicted molar refractivity (Wildman–Crippen MR) is 70.0 cm³/mol. The highest BCUT2D eigenvalue weighted by atomic mass is 32.2. The molecule has 0 saturated heterocycles. The van der Waals surface area contributed by atoms with Gasteiger partial charge >= 0.3 is 0 Å². The molecule has 90 valence electrons. The van der Waals surface area contributed by atoms with Gasteiger partial charge in [-0.15, -0.1) is 0 Å². The lowest BCUT2D eigenvalue weighted by atomic mass is 10.2. The molecule has 0 saturated carbocycles. The van der Waals surface area contributed by atoms with E-state index in [0.717, 1.165) is 35.0 Å². The molecule has 0 aromatic carbocycles. The third-order valence-electron chi connectivity index (χ3n) is 2.33. The molecular formula is C12H20N2OS. The van der Waals surface area contributed by atoms with Crippen LogP contribution in [0.25, 0.3) is 0 Å². The average Bonchev–Trinajstić information content (AvgIpc) is 2.22. The lowest BCUT2D eigenvalue weighted by Gasteiger charge is -2.07. The number of aryl methyl sites for hydroxylation is 1. The number of nitrogens with one attached hydrogen (secondary N) is 1. The van der Waals surface area contributed by atoms with E-state index in [4.69, 9.17) is 0 Å². The molecule has 0 aliphatic heterocycles. The van der Waals surface area contributed by atoms with Gasteiger partial charge in [-0.25, -0.2) is 4.98 Å². The summed E-state index contributed by atoms with van der Waals surface area (Å²) in [7, 11) is 0. The highest BCUT2D eigenvalue weighted by Gasteiger charge is 2.06. The molecule has 3 nitrogen and oxygen atoms in total. The van der Waals surface area contributed by atoms with Crippen LogP contribution in [0, 0.1) is 12.8 Å². The molecular weight excluding hydrogens is 220 g/mol. The van der Waals surface area contributed by atoms with Crippen molar-refractivity contribution in [1.29, 1.82) is 0 Å². The summed E-state index contributed by atoms with van der Waals surface area (Å²) in [6.07, 6.45) is 0.817. The van der Waals surface area contributed by atoms with E-state index in [9.17, 15) is 4.79 Å². The molecule has 1 N–H and O–H groups in total. The molecule has 4 heteroatoms. The molecule has 1 aromatic heterocycles. The normalized spacial score (nSPS) is 11.1. The molecule has 0 bridgehead atoms. The van der Waals surface area contributed by atoms with Crippen LogP contribution in [0.15, 0.2) is 4.79 Å². The highest BCUT2D eigenvalue weighted by molar-refractivity contribution is 7.98. The van der Waals surface area contributed by atoms with Crippen molar-refractivity contribution in [3.63, 3.8) is 0 Å². The van der Waals surface area contributed by atoms with Gasteiger partial charge in [0.15, 0.2) is 0 Å². The molecule has 1 rings (SSSR count). The third kappa shape index (κ3) is 3.67. The van der Waals surface area contributed by atoms with Crippen molar-refractivity contribution in [3.05, 3.63) is 27.4 Å². The fourth-order valence-corrected chi connectivity index (χ4v) is 2.35. The molecule has 0 aliphatic rings. The number of nitrogens with zero attached hydrogens (tertiary/aromatic N) is 1. The minimum atomic E-state index is 0.00648. The van der Waals surface area contributed by atoms with Gasteiger partial charge in [0, 0.05) is 5.56 Å². The zero-order valence-corrected chi connectivity index (χ0v) is 11.3. The standard InChI is InChI=1S/C12H20N2OS/c1-5-10-9(4)12(15)14-11(13-10)7-16-6-8(2)3/h8H,5-7H2,1-4H3,(H,13,14,15). The van der Waals surface area contributed by atoms with E-state index >= 15 is 0 Å². The fourth-order valence-electron chi connectivity index (χ4n) is 1.43. The molecule has 1 aromatic rings. The summed E-state index contributed by atoms with van der Waals surface area (Å²) < 4.78 is 0. The summed E-state index contributed by atoms with van der Waals surface area (Å²) in [6.45, 7) is 8.24. The van der Waals surface area contributed by atoms with E-state index in [-0.39, 0.29) is 5.56 Å². The van der Waals surface area contributed by atoms with E-state index in [0.29, 0.717) is 5.92 Å². The van der Waals surface area contributed by atoms with Crippen LogP contribution in [0.4, 0.5) is 0 Å². The number of rotatable bonds is 5. The molecule has 0 spiro atoms. The summed E-state index contributed by atoms with van der Waals surface area (Å²) in [6, 6.07) is 0. The maximum absolute atomic E-state index is 11.6. The van der Waals surface area contributed by atoms with E-state index in [2.05, 4.69) is 23.8 Å². The topological polar surface area (TPSA) is 45.8 Å². The second-order valence-corrected chi connectivity index (χ2v) is 5.38. The molecule has 1 heterocycles. The smallest absolute Gasteiger partial charge is 0.254 e. The van der Waals surface area contributed by atoms with Gasteiger partial charge in [-0.05, 0) is 25.0 Å². The Morgan fingerprint density at radius 2 is 2.12 bits per heavy atom. The van der Waals surface area contributed by atoms with Crippen LogP contribution >= 0.6 is 11.8 Å². The molecule has 0 atom stereocenters. The molecule has 0 aliphatic carbocycles.